The number of hydrogen-bond acceptors (Lipinski definition) is 1. The van der Waals surface area contributed by atoms with Crippen molar-refractivity contribution in [2.45, 2.75) is 6.10 Å². The number of aliphatic hydroxyl groups is 1. The number of hydrogen-bond donors (Lipinski definition) is 1. The molecular formula is C13H7F5O. The third-order valence-electron chi connectivity index (χ3n) is 2.57. The summed E-state index contributed by atoms with van der Waals surface area (Å²) in [5, 5.41) is 9.75. The molecule has 0 saturated carbocycles. The van der Waals surface area contributed by atoms with Gasteiger partial charge >= 0.3 is 0 Å². The summed E-state index contributed by atoms with van der Waals surface area (Å²) < 4.78 is 65.7. The van der Waals surface area contributed by atoms with Gasteiger partial charge in [0, 0.05) is 23.8 Å². The zero-order chi connectivity index (χ0) is 14.2. The van der Waals surface area contributed by atoms with Gasteiger partial charge in [0.2, 0.25) is 0 Å². The maximum Gasteiger partial charge on any atom is 0.135 e. The van der Waals surface area contributed by atoms with E-state index in [1.165, 1.54) is 0 Å². The van der Waals surface area contributed by atoms with E-state index < -0.39 is 46.3 Å². The van der Waals surface area contributed by atoms with Crippen LogP contribution in [0.2, 0.25) is 0 Å². The molecule has 0 heterocycles. The molecular weight excluding hydrogens is 267 g/mol. The van der Waals surface area contributed by atoms with Crippen LogP contribution in [0.4, 0.5) is 22.0 Å². The number of aliphatic hydroxyl groups excluding tert-OH is 1. The first-order valence-electron chi connectivity index (χ1n) is 5.17. The van der Waals surface area contributed by atoms with Crippen LogP contribution in [0.1, 0.15) is 17.2 Å². The summed E-state index contributed by atoms with van der Waals surface area (Å²) in [5.41, 5.74) is -1.40. The number of benzene rings is 2. The van der Waals surface area contributed by atoms with E-state index in [9.17, 15) is 27.1 Å². The maximum absolute atomic E-state index is 13.4. The minimum Gasteiger partial charge on any atom is -0.383 e. The van der Waals surface area contributed by atoms with Crippen LogP contribution in [0.15, 0.2) is 30.3 Å². The van der Waals surface area contributed by atoms with Gasteiger partial charge in [-0.25, -0.2) is 22.0 Å². The van der Waals surface area contributed by atoms with Gasteiger partial charge in [-0.3, -0.25) is 0 Å². The normalized spacial score (nSPS) is 12.5. The van der Waals surface area contributed by atoms with Crippen molar-refractivity contribution in [2.75, 3.05) is 0 Å². The Labute approximate surface area is 104 Å². The van der Waals surface area contributed by atoms with Crippen molar-refractivity contribution in [2.24, 2.45) is 0 Å². The molecule has 2 aromatic carbocycles. The van der Waals surface area contributed by atoms with Crippen LogP contribution >= 0.6 is 0 Å². The summed E-state index contributed by atoms with van der Waals surface area (Å²) in [6.07, 6.45) is -2.00. The first kappa shape index (κ1) is 13.5. The van der Waals surface area contributed by atoms with Crippen molar-refractivity contribution >= 4 is 0 Å². The quantitative estimate of drug-likeness (QED) is 0.831. The van der Waals surface area contributed by atoms with Gasteiger partial charge in [0.1, 0.15) is 35.2 Å². The summed E-state index contributed by atoms with van der Waals surface area (Å²) in [4.78, 5) is 0. The van der Waals surface area contributed by atoms with Crippen LogP contribution in [0.5, 0.6) is 0 Å². The highest BCUT2D eigenvalue weighted by atomic mass is 19.2. The van der Waals surface area contributed by atoms with E-state index in [0.717, 1.165) is 12.1 Å². The lowest BCUT2D eigenvalue weighted by atomic mass is 10.00. The molecule has 0 radical (unpaired) electrons. The van der Waals surface area contributed by atoms with Gasteiger partial charge in [-0.2, -0.15) is 0 Å². The topological polar surface area (TPSA) is 20.2 Å². The molecule has 100 valence electrons. The Morgan fingerprint density at radius 3 is 1.79 bits per heavy atom. The van der Waals surface area contributed by atoms with Crippen LogP contribution in [-0.4, -0.2) is 5.11 Å². The summed E-state index contributed by atoms with van der Waals surface area (Å²) in [6, 6.07) is 2.89. The fourth-order valence-electron chi connectivity index (χ4n) is 1.69. The Morgan fingerprint density at radius 2 is 1.26 bits per heavy atom. The lowest BCUT2D eigenvalue weighted by molar-refractivity contribution is 0.203. The summed E-state index contributed by atoms with van der Waals surface area (Å²) in [5.74, 6) is -5.92. The predicted molar refractivity (Wildman–Crippen MR) is 56.7 cm³/mol. The fourth-order valence-corrected chi connectivity index (χ4v) is 1.69. The summed E-state index contributed by atoms with van der Waals surface area (Å²) in [6.45, 7) is 0. The second-order valence-electron chi connectivity index (χ2n) is 3.85. The Balaban J connectivity index is 2.53. The van der Waals surface area contributed by atoms with E-state index in [-0.39, 0.29) is 0 Å². The van der Waals surface area contributed by atoms with E-state index >= 15 is 0 Å². The van der Waals surface area contributed by atoms with Gasteiger partial charge in [0.05, 0.1) is 5.56 Å². The minimum atomic E-state index is -2.00. The molecule has 0 aliphatic carbocycles. The van der Waals surface area contributed by atoms with Gasteiger partial charge in [-0.05, 0) is 6.07 Å². The van der Waals surface area contributed by atoms with Crippen LogP contribution in [0.25, 0.3) is 0 Å². The van der Waals surface area contributed by atoms with Crippen LogP contribution < -0.4 is 0 Å². The standard InChI is InChI=1S/C13H7F5O/c14-6-1-2-8(9(16)3-6)13(19)12-10(17)4-7(15)5-11(12)18/h1-5,13,19H. The van der Waals surface area contributed by atoms with Gasteiger partial charge in [-0.15, -0.1) is 0 Å². The van der Waals surface area contributed by atoms with Crippen LogP contribution in [0.3, 0.4) is 0 Å². The molecule has 2 rings (SSSR count). The second kappa shape index (κ2) is 4.97. The Kier molecular flexibility index (Phi) is 3.53. The first-order valence-corrected chi connectivity index (χ1v) is 5.17. The van der Waals surface area contributed by atoms with Crippen molar-refractivity contribution in [3.05, 3.63) is 70.5 Å². The molecule has 0 amide bonds. The summed E-state index contributed by atoms with van der Waals surface area (Å²) in [7, 11) is 0. The molecule has 6 heteroatoms. The van der Waals surface area contributed by atoms with Crippen molar-refractivity contribution in [1.82, 2.24) is 0 Å². The molecule has 0 aliphatic heterocycles. The molecule has 0 aliphatic rings. The zero-order valence-corrected chi connectivity index (χ0v) is 9.30. The van der Waals surface area contributed by atoms with Gasteiger partial charge < -0.3 is 5.11 Å². The van der Waals surface area contributed by atoms with E-state index in [4.69, 9.17) is 0 Å². The number of rotatable bonds is 2. The molecule has 0 aromatic heterocycles. The summed E-state index contributed by atoms with van der Waals surface area (Å²) >= 11 is 0. The fraction of sp³-hybridized carbons (Fsp3) is 0.0769. The molecule has 0 saturated heterocycles. The predicted octanol–water partition coefficient (Wildman–Crippen LogP) is 3.46. The molecule has 0 bridgehead atoms. The molecule has 1 unspecified atom stereocenters. The molecule has 0 spiro atoms. The third kappa shape index (κ3) is 2.58. The van der Waals surface area contributed by atoms with Crippen molar-refractivity contribution in [3.8, 4) is 0 Å². The largest absolute Gasteiger partial charge is 0.383 e. The molecule has 1 nitrogen and oxygen atoms in total. The monoisotopic (exact) mass is 274 g/mol. The smallest absolute Gasteiger partial charge is 0.135 e. The van der Waals surface area contributed by atoms with Crippen molar-refractivity contribution in [1.29, 1.82) is 0 Å². The minimum absolute atomic E-state index is 0.364. The average Bonchev–Trinajstić information content (AvgIpc) is 2.26. The highest BCUT2D eigenvalue weighted by Crippen LogP contribution is 2.29. The van der Waals surface area contributed by atoms with Crippen LogP contribution in [0, 0.1) is 29.1 Å². The Morgan fingerprint density at radius 1 is 0.737 bits per heavy atom. The zero-order valence-electron chi connectivity index (χ0n) is 9.30. The lowest BCUT2D eigenvalue weighted by Crippen LogP contribution is -2.08. The Bertz CT molecular complexity index is 603. The maximum atomic E-state index is 13.4. The van der Waals surface area contributed by atoms with E-state index in [2.05, 4.69) is 0 Å². The highest BCUT2D eigenvalue weighted by Gasteiger charge is 2.23. The SMILES string of the molecule is OC(c1ccc(F)cc1F)c1c(F)cc(F)cc1F. The molecule has 19 heavy (non-hydrogen) atoms. The highest BCUT2D eigenvalue weighted by molar-refractivity contribution is 5.33. The third-order valence-corrected chi connectivity index (χ3v) is 2.57. The van der Waals surface area contributed by atoms with Crippen molar-refractivity contribution < 1.29 is 27.1 Å². The van der Waals surface area contributed by atoms with Gasteiger partial charge in [-0.1, -0.05) is 6.07 Å². The lowest BCUT2D eigenvalue weighted by Gasteiger charge is -2.14. The van der Waals surface area contributed by atoms with Crippen LogP contribution in [-0.2, 0) is 0 Å². The number of halogens is 5. The molecule has 0 fully saturated rings. The Hall–Kier alpha value is -1.95. The first-order chi connectivity index (χ1) is 8.90. The molecule has 1 atom stereocenters. The average molecular weight is 274 g/mol. The van der Waals surface area contributed by atoms with Gasteiger partial charge in [0.25, 0.3) is 0 Å². The van der Waals surface area contributed by atoms with Crippen molar-refractivity contribution in [3.63, 3.8) is 0 Å². The molecule has 2 aromatic rings. The van der Waals surface area contributed by atoms with E-state index in [1.54, 1.807) is 0 Å². The van der Waals surface area contributed by atoms with Gasteiger partial charge in [0.15, 0.2) is 0 Å². The van der Waals surface area contributed by atoms with E-state index in [0.29, 0.717) is 18.2 Å². The molecule has 1 N–H and O–H groups in total. The second-order valence-corrected chi connectivity index (χ2v) is 3.85. The van der Waals surface area contributed by atoms with E-state index in [1.807, 2.05) is 0 Å².